The molecule has 0 saturated carbocycles. The summed E-state index contributed by atoms with van der Waals surface area (Å²) in [6.07, 6.45) is 2.51. The van der Waals surface area contributed by atoms with Gasteiger partial charge in [0.25, 0.3) is 0 Å². The van der Waals surface area contributed by atoms with Crippen LogP contribution in [-0.2, 0) is 4.79 Å². The molecule has 0 aromatic carbocycles. The first-order valence-corrected chi connectivity index (χ1v) is 7.03. The Hall–Kier alpha value is -2.16. The maximum Gasteiger partial charge on any atom is 0.323 e. The van der Waals surface area contributed by atoms with Gasteiger partial charge in [0, 0.05) is 13.6 Å². The Morgan fingerprint density at radius 2 is 2.29 bits per heavy atom. The van der Waals surface area contributed by atoms with E-state index in [9.17, 15) is 4.79 Å². The number of nitrogen functional groups attached to an aromatic ring is 1. The molecule has 1 aliphatic heterocycles. The summed E-state index contributed by atoms with van der Waals surface area (Å²) in [7, 11) is 1.62. The predicted molar refractivity (Wildman–Crippen MR) is 77.9 cm³/mol. The summed E-state index contributed by atoms with van der Waals surface area (Å²) < 4.78 is 5.43. The molecule has 1 aliphatic rings. The summed E-state index contributed by atoms with van der Waals surface area (Å²) in [6, 6.07) is -0.0700. The van der Waals surface area contributed by atoms with E-state index in [1.807, 2.05) is 11.8 Å². The highest BCUT2D eigenvalue weighted by Crippen LogP contribution is 2.24. The molecule has 1 amide bonds. The fraction of sp³-hybridized carbons (Fsp3) is 0.667. The highest BCUT2D eigenvalue weighted by molar-refractivity contribution is 5.85. The summed E-state index contributed by atoms with van der Waals surface area (Å²) in [4.78, 5) is 26.3. The molecule has 1 unspecified atom stereocenters. The van der Waals surface area contributed by atoms with Crippen LogP contribution in [0.5, 0.6) is 6.01 Å². The second-order valence-electron chi connectivity index (χ2n) is 4.70. The number of anilines is 2. The van der Waals surface area contributed by atoms with Crippen molar-refractivity contribution in [1.29, 1.82) is 0 Å². The van der Waals surface area contributed by atoms with Crippen molar-refractivity contribution >= 4 is 17.8 Å². The Kier molecular flexibility index (Phi) is 5.09. The number of nitrogens with zero attached hydrogens (tertiary/aromatic N) is 4. The Balaban J connectivity index is 2.26. The van der Waals surface area contributed by atoms with Crippen LogP contribution >= 0.6 is 0 Å². The van der Waals surface area contributed by atoms with Crippen LogP contribution in [0.2, 0.25) is 0 Å². The Bertz CT molecular complexity index is 496. The van der Waals surface area contributed by atoms with E-state index >= 15 is 0 Å². The maximum absolute atomic E-state index is 11.9. The summed E-state index contributed by atoms with van der Waals surface area (Å²) in [5, 5.41) is 2.66. The number of ether oxygens (including phenoxy) is 1. The van der Waals surface area contributed by atoms with Gasteiger partial charge in [-0.3, -0.25) is 10.2 Å². The van der Waals surface area contributed by atoms with E-state index in [4.69, 9.17) is 10.6 Å². The van der Waals surface area contributed by atoms with Gasteiger partial charge in [-0.2, -0.15) is 15.0 Å². The van der Waals surface area contributed by atoms with Crippen molar-refractivity contribution in [1.82, 2.24) is 20.3 Å². The SMILES string of the molecule is CCCOc1nc(NN)nc(N2CCCC2C(=O)NC)n1. The van der Waals surface area contributed by atoms with Gasteiger partial charge in [-0.25, -0.2) is 5.84 Å². The van der Waals surface area contributed by atoms with Gasteiger partial charge in [-0.05, 0) is 19.3 Å². The standard InChI is InChI=1S/C12H21N7O2/c1-3-7-21-12-16-10(18-13)15-11(17-12)19-6-4-5-8(19)9(20)14-2/h8H,3-7,13H2,1-2H3,(H,14,20)(H,15,16,17,18). The molecule has 9 nitrogen and oxygen atoms in total. The van der Waals surface area contributed by atoms with E-state index in [-0.39, 0.29) is 23.9 Å². The average molecular weight is 295 g/mol. The van der Waals surface area contributed by atoms with Crippen LogP contribution < -0.4 is 26.2 Å². The molecular formula is C12H21N7O2. The van der Waals surface area contributed by atoms with Crippen molar-refractivity contribution in [3.05, 3.63) is 0 Å². The van der Waals surface area contributed by atoms with Gasteiger partial charge < -0.3 is 15.0 Å². The minimum absolute atomic E-state index is 0.0498. The van der Waals surface area contributed by atoms with Crippen LogP contribution in [0.15, 0.2) is 0 Å². The number of amides is 1. The van der Waals surface area contributed by atoms with Crippen LogP contribution in [0.25, 0.3) is 0 Å². The molecule has 9 heteroatoms. The van der Waals surface area contributed by atoms with E-state index < -0.39 is 0 Å². The lowest BCUT2D eigenvalue weighted by atomic mass is 10.2. The zero-order valence-electron chi connectivity index (χ0n) is 12.3. The monoisotopic (exact) mass is 295 g/mol. The average Bonchev–Trinajstić information content (AvgIpc) is 3.01. The second kappa shape index (κ2) is 7.02. The molecule has 4 N–H and O–H groups in total. The van der Waals surface area contributed by atoms with Crippen LogP contribution in [0.4, 0.5) is 11.9 Å². The number of aromatic nitrogens is 3. The molecule has 0 bridgehead atoms. The van der Waals surface area contributed by atoms with Gasteiger partial charge in [0.15, 0.2) is 0 Å². The summed E-state index contributed by atoms with van der Waals surface area (Å²) >= 11 is 0. The Morgan fingerprint density at radius 1 is 1.48 bits per heavy atom. The third kappa shape index (κ3) is 3.48. The fourth-order valence-electron chi connectivity index (χ4n) is 2.24. The first-order valence-electron chi connectivity index (χ1n) is 7.03. The smallest absolute Gasteiger partial charge is 0.323 e. The summed E-state index contributed by atoms with van der Waals surface area (Å²) in [5.74, 6) is 5.94. The van der Waals surface area contributed by atoms with Crippen molar-refractivity contribution in [2.45, 2.75) is 32.2 Å². The molecule has 116 valence electrons. The number of rotatable bonds is 6. The fourth-order valence-corrected chi connectivity index (χ4v) is 2.24. The quantitative estimate of drug-likeness (QED) is 0.482. The number of nitrogens with one attached hydrogen (secondary N) is 2. The zero-order chi connectivity index (χ0) is 15.2. The van der Waals surface area contributed by atoms with Gasteiger partial charge in [-0.15, -0.1) is 0 Å². The highest BCUT2D eigenvalue weighted by Gasteiger charge is 2.32. The van der Waals surface area contributed by atoms with Gasteiger partial charge in [0.05, 0.1) is 6.61 Å². The van der Waals surface area contributed by atoms with Gasteiger partial charge >= 0.3 is 6.01 Å². The predicted octanol–water partition coefficient (Wildman–Crippen LogP) is -0.339. The van der Waals surface area contributed by atoms with Crippen molar-refractivity contribution in [3.63, 3.8) is 0 Å². The van der Waals surface area contributed by atoms with Crippen molar-refractivity contribution in [3.8, 4) is 6.01 Å². The number of hydrazine groups is 1. The van der Waals surface area contributed by atoms with Crippen LogP contribution in [0.3, 0.4) is 0 Å². The van der Waals surface area contributed by atoms with Gasteiger partial charge in [-0.1, -0.05) is 6.92 Å². The third-order valence-electron chi connectivity index (χ3n) is 3.23. The molecule has 1 atom stereocenters. The first kappa shape index (κ1) is 15.2. The van der Waals surface area contributed by atoms with E-state index in [2.05, 4.69) is 25.7 Å². The summed E-state index contributed by atoms with van der Waals surface area (Å²) in [5.41, 5.74) is 2.40. The molecule has 0 radical (unpaired) electrons. The third-order valence-corrected chi connectivity index (χ3v) is 3.23. The molecule has 2 heterocycles. The van der Waals surface area contributed by atoms with Gasteiger partial charge in [0.1, 0.15) is 6.04 Å². The Labute approximate surface area is 123 Å². The van der Waals surface area contributed by atoms with E-state index in [0.717, 1.165) is 19.3 Å². The largest absolute Gasteiger partial charge is 0.463 e. The molecule has 1 aromatic rings. The lowest BCUT2D eigenvalue weighted by molar-refractivity contribution is -0.121. The molecule has 21 heavy (non-hydrogen) atoms. The zero-order valence-corrected chi connectivity index (χ0v) is 12.3. The molecular weight excluding hydrogens is 274 g/mol. The highest BCUT2D eigenvalue weighted by atomic mass is 16.5. The van der Waals surface area contributed by atoms with Gasteiger partial charge in [0.2, 0.25) is 17.8 Å². The van der Waals surface area contributed by atoms with Crippen molar-refractivity contribution < 1.29 is 9.53 Å². The van der Waals surface area contributed by atoms with Crippen LogP contribution in [0.1, 0.15) is 26.2 Å². The first-order chi connectivity index (χ1) is 10.2. The van der Waals surface area contributed by atoms with E-state index in [0.29, 0.717) is 19.1 Å². The lowest BCUT2D eigenvalue weighted by Crippen LogP contribution is -2.42. The van der Waals surface area contributed by atoms with E-state index in [1.165, 1.54) is 0 Å². The molecule has 0 aliphatic carbocycles. The molecule has 1 aromatic heterocycles. The number of carbonyl (C=O) groups excluding carboxylic acids is 1. The number of carbonyl (C=O) groups is 1. The van der Waals surface area contributed by atoms with E-state index in [1.54, 1.807) is 7.05 Å². The molecule has 2 rings (SSSR count). The second-order valence-corrected chi connectivity index (χ2v) is 4.70. The minimum atomic E-state index is -0.276. The maximum atomic E-state index is 11.9. The minimum Gasteiger partial charge on any atom is -0.463 e. The van der Waals surface area contributed by atoms with Crippen molar-refractivity contribution in [2.75, 3.05) is 30.5 Å². The molecule has 0 spiro atoms. The number of nitrogens with two attached hydrogens (primary N) is 1. The van der Waals surface area contributed by atoms with Crippen LogP contribution in [-0.4, -0.2) is 47.1 Å². The van der Waals surface area contributed by atoms with Crippen molar-refractivity contribution in [2.24, 2.45) is 5.84 Å². The topological polar surface area (TPSA) is 118 Å². The number of hydrogen-bond acceptors (Lipinski definition) is 8. The number of hydrogen-bond donors (Lipinski definition) is 3. The normalized spacial score (nSPS) is 17.7. The lowest BCUT2D eigenvalue weighted by Gasteiger charge is -2.23. The molecule has 1 fully saturated rings. The Morgan fingerprint density at radius 3 is 2.95 bits per heavy atom. The summed E-state index contributed by atoms with van der Waals surface area (Å²) in [6.45, 7) is 3.21. The van der Waals surface area contributed by atoms with Crippen LogP contribution in [0, 0.1) is 0 Å². The molecule has 1 saturated heterocycles. The number of likely N-dealkylation sites (N-methyl/N-ethyl adjacent to an activating group) is 1.